The number of rotatable bonds is 3. The lowest BCUT2D eigenvalue weighted by molar-refractivity contribution is 0.434. The summed E-state index contributed by atoms with van der Waals surface area (Å²) in [6.45, 7) is 0. The summed E-state index contributed by atoms with van der Waals surface area (Å²) in [5, 5.41) is 3.72. The molecule has 1 aliphatic heterocycles. The molecule has 1 fully saturated rings. The second-order valence-corrected chi connectivity index (χ2v) is 9.36. The third-order valence-corrected chi connectivity index (χ3v) is 6.88. The minimum absolute atomic E-state index is 0.0910. The fraction of sp³-hybridized carbons (Fsp3) is 0.273. The predicted molar refractivity (Wildman–Crippen MR) is 77.3 cm³/mol. The molecule has 1 aliphatic rings. The maximum atomic E-state index is 12.6. The van der Waals surface area contributed by atoms with Crippen LogP contribution in [0.1, 0.15) is 6.04 Å². The molecule has 3 rings (SSSR count). The number of halogens is 1. The average Bonchev–Trinajstić information content (AvgIpc) is 2.79. The van der Waals surface area contributed by atoms with E-state index in [0.717, 1.165) is 0 Å². The molecule has 0 unspecified atom stereocenters. The lowest BCUT2D eigenvalue weighted by Crippen LogP contribution is -2.39. The van der Waals surface area contributed by atoms with Gasteiger partial charge in [0, 0.05) is 0 Å². The SMILES string of the molecule is O=S1(=O)CC(n2nc(Br)nc2S(=O)(=O)c2ccccc2)C1. The van der Waals surface area contributed by atoms with Gasteiger partial charge in [0.1, 0.15) is 0 Å². The van der Waals surface area contributed by atoms with Crippen LogP contribution in [0.5, 0.6) is 0 Å². The van der Waals surface area contributed by atoms with Crippen molar-refractivity contribution in [2.75, 3.05) is 11.5 Å². The second kappa shape index (κ2) is 4.89. The van der Waals surface area contributed by atoms with Crippen LogP contribution in [0.4, 0.5) is 0 Å². The molecule has 7 nitrogen and oxygen atoms in total. The Balaban J connectivity index is 2.08. The van der Waals surface area contributed by atoms with E-state index in [-0.39, 0.29) is 26.3 Å². The molecule has 21 heavy (non-hydrogen) atoms. The van der Waals surface area contributed by atoms with Crippen molar-refractivity contribution in [3.63, 3.8) is 0 Å². The first-order valence-electron chi connectivity index (χ1n) is 5.92. The average molecular weight is 392 g/mol. The van der Waals surface area contributed by atoms with Crippen LogP contribution in [-0.4, -0.2) is 43.1 Å². The van der Waals surface area contributed by atoms with Gasteiger partial charge in [0.2, 0.25) is 14.6 Å². The van der Waals surface area contributed by atoms with Crippen molar-refractivity contribution in [2.45, 2.75) is 16.1 Å². The molecule has 2 aromatic rings. The van der Waals surface area contributed by atoms with E-state index in [1.807, 2.05) is 0 Å². The minimum atomic E-state index is -3.84. The molecule has 0 saturated carbocycles. The molecule has 0 bridgehead atoms. The summed E-state index contributed by atoms with van der Waals surface area (Å²) in [7, 11) is -6.94. The van der Waals surface area contributed by atoms with Crippen molar-refractivity contribution in [2.24, 2.45) is 0 Å². The molecule has 1 saturated heterocycles. The van der Waals surface area contributed by atoms with Crippen LogP contribution in [0.3, 0.4) is 0 Å². The zero-order valence-electron chi connectivity index (χ0n) is 10.5. The topological polar surface area (TPSA) is 99.0 Å². The lowest BCUT2D eigenvalue weighted by atomic mass is 10.4. The summed E-state index contributed by atoms with van der Waals surface area (Å²) >= 11 is 3.04. The van der Waals surface area contributed by atoms with E-state index in [2.05, 4.69) is 26.0 Å². The molecule has 0 N–H and O–H groups in total. The highest BCUT2D eigenvalue weighted by molar-refractivity contribution is 9.10. The summed E-state index contributed by atoms with van der Waals surface area (Å²) in [6, 6.07) is 7.34. The Bertz CT molecular complexity index is 879. The van der Waals surface area contributed by atoms with Gasteiger partial charge in [-0.05, 0) is 28.1 Å². The zero-order valence-corrected chi connectivity index (χ0v) is 13.8. The molecular weight excluding hydrogens is 382 g/mol. The number of hydrogen-bond acceptors (Lipinski definition) is 6. The Morgan fingerprint density at radius 2 is 1.81 bits per heavy atom. The van der Waals surface area contributed by atoms with Gasteiger partial charge in [-0.3, -0.25) is 0 Å². The molecule has 0 spiro atoms. The predicted octanol–water partition coefficient (Wildman–Crippen LogP) is 0.843. The Kier molecular flexibility index (Phi) is 3.41. The smallest absolute Gasteiger partial charge is 0.230 e. The van der Waals surface area contributed by atoms with Crippen molar-refractivity contribution < 1.29 is 16.8 Å². The van der Waals surface area contributed by atoms with Crippen molar-refractivity contribution in [1.29, 1.82) is 0 Å². The van der Waals surface area contributed by atoms with Crippen molar-refractivity contribution >= 4 is 35.6 Å². The zero-order chi connectivity index (χ0) is 15.3. The van der Waals surface area contributed by atoms with E-state index in [1.54, 1.807) is 18.2 Å². The molecule has 0 atom stereocenters. The molecular formula is C11H10BrN3O4S2. The first-order valence-corrected chi connectivity index (χ1v) is 10.0. The highest BCUT2D eigenvalue weighted by Crippen LogP contribution is 2.29. The minimum Gasteiger partial charge on any atom is -0.230 e. The summed E-state index contributed by atoms with van der Waals surface area (Å²) in [4.78, 5) is 3.99. The Morgan fingerprint density at radius 3 is 2.38 bits per heavy atom. The van der Waals surface area contributed by atoms with E-state index < -0.39 is 25.7 Å². The summed E-state index contributed by atoms with van der Waals surface area (Å²) in [5.41, 5.74) is 0. The van der Waals surface area contributed by atoms with Crippen LogP contribution < -0.4 is 0 Å². The van der Waals surface area contributed by atoms with E-state index in [0.29, 0.717) is 0 Å². The van der Waals surface area contributed by atoms with Gasteiger partial charge in [-0.15, -0.1) is 5.10 Å². The fourth-order valence-electron chi connectivity index (χ4n) is 2.09. The van der Waals surface area contributed by atoms with Crippen LogP contribution in [-0.2, 0) is 19.7 Å². The molecule has 1 aromatic heterocycles. The van der Waals surface area contributed by atoms with Gasteiger partial charge in [-0.2, -0.15) is 4.98 Å². The van der Waals surface area contributed by atoms with Gasteiger partial charge in [0.15, 0.2) is 9.84 Å². The van der Waals surface area contributed by atoms with E-state index >= 15 is 0 Å². The number of aromatic nitrogens is 3. The number of sulfone groups is 2. The fourth-order valence-corrected chi connectivity index (χ4v) is 5.27. The quantitative estimate of drug-likeness (QED) is 0.768. The Morgan fingerprint density at radius 1 is 1.19 bits per heavy atom. The molecule has 2 heterocycles. The number of nitrogens with zero attached hydrogens (tertiary/aromatic N) is 3. The third kappa shape index (κ3) is 2.62. The Hall–Kier alpha value is -1.26. The van der Waals surface area contributed by atoms with Crippen LogP contribution in [0.2, 0.25) is 0 Å². The summed E-state index contributed by atoms with van der Waals surface area (Å²) < 4.78 is 49.0. The second-order valence-electron chi connectivity index (χ2n) is 4.66. The largest absolute Gasteiger partial charge is 0.251 e. The number of hydrogen-bond donors (Lipinski definition) is 0. The van der Waals surface area contributed by atoms with Gasteiger partial charge in [0.05, 0.1) is 22.4 Å². The highest BCUT2D eigenvalue weighted by Gasteiger charge is 2.39. The van der Waals surface area contributed by atoms with E-state index in [4.69, 9.17) is 0 Å². The maximum absolute atomic E-state index is 12.6. The van der Waals surface area contributed by atoms with E-state index in [1.165, 1.54) is 16.8 Å². The normalized spacial score (nSPS) is 18.3. The molecule has 0 amide bonds. The summed E-state index contributed by atoms with van der Waals surface area (Å²) in [5.74, 6) is -0.250. The van der Waals surface area contributed by atoms with Gasteiger partial charge < -0.3 is 0 Å². The Labute approximate surface area is 130 Å². The first-order chi connectivity index (χ1) is 9.79. The monoisotopic (exact) mass is 391 g/mol. The molecule has 0 radical (unpaired) electrons. The third-order valence-electron chi connectivity index (χ3n) is 3.11. The van der Waals surface area contributed by atoms with Gasteiger partial charge in [-0.25, -0.2) is 21.5 Å². The van der Waals surface area contributed by atoms with Crippen LogP contribution >= 0.6 is 15.9 Å². The standard InChI is InChI=1S/C11H10BrN3O4S2/c12-10-13-11(15(14-10)8-6-20(16,17)7-8)21(18,19)9-4-2-1-3-5-9/h1-5,8H,6-7H2. The van der Waals surface area contributed by atoms with Crippen molar-refractivity contribution in [1.82, 2.24) is 14.8 Å². The molecule has 1 aromatic carbocycles. The molecule has 10 heteroatoms. The van der Waals surface area contributed by atoms with Gasteiger partial charge in [0.25, 0.3) is 5.16 Å². The molecule has 112 valence electrons. The lowest BCUT2D eigenvalue weighted by Gasteiger charge is -2.26. The van der Waals surface area contributed by atoms with Gasteiger partial charge in [-0.1, -0.05) is 18.2 Å². The van der Waals surface area contributed by atoms with Crippen molar-refractivity contribution in [3.8, 4) is 0 Å². The van der Waals surface area contributed by atoms with Crippen LogP contribution in [0.25, 0.3) is 0 Å². The van der Waals surface area contributed by atoms with Crippen LogP contribution in [0, 0.1) is 0 Å². The summed E-state index contributed by atoms with van der Waals surface area (Å²) in [6.07, 6.45) is 0. The maximum Gasteiger partial charge on any atom is 0.251 e. The van der Waals surface area contributed by atoms with Gasteiger partial charge >= 0.3 is 0 Å². The first kappa shape index (κ1) is 14.7. The van der Waals surface area contributed by atoms with E-state index in [9.17, 15) is 16.8 Å². The highest BCUT2D eigenvalue weighted by atomic mass is 79.9. The number of benzene rings is 1. The van der Waals surface area contributed by atoms with Crippen molar-refractivity contribution in [3.05, 3.63) is 35.1 Å². The van der Waals surface area contributed by atoms with Crippen LogP contribution in [0.15, 0.2) is 45.1 Å². The molecule has 0 aliphatic carbocycles.